The summed E-state index contributed by atoms with van der Waals surface area (Å²) in [5.74, 6) is 0.139. The molecule has 0 fully saturated rings. The first kappa shape index (κ1) is 12.2. The monoisotopic (exact) mass is 321 g/mol. The second kappa shape index (κ2) is 5.85. The van der Waals surface area contributed by atoms with Crippen molar-refractivity contribution in [1.29, 1.82) is 0 Å². The third kappa shape index (κ3) is 3.35. The SMILES string of the molecule is NCC(CO)Cc1cc(Br)ccc1Br. The third-order valence-corrected chi connectivity index (χ3v) is 3.37. The predicted octanol–water partition coefficient (Wildman–Crippen LogP) is 2.32. The first-order chi connectivity index (χ1) is 6.67. The van der Waals surface area contributed by atoms with E-state index in [1.807, 2.05) is 18.2 Å². The molecule has 0 aromatic heterocycles. The van der Waals surface area contributed by atoms with Crippen LogP contribution < -0.4 is 5.73 Å². The van der Waals surface area contributed by atoms with E-state index in [2.05, 4.69) is 31.9 Å². The van der Waals surface area contributed by atoms with Crippen molar-refractivity contribution in [2.75, 3.05) is 13.2 Å². The van der Waals surface area contributed by atoms with Gasteiger partial charge in [0, 0.05) is 15.6 Å². The van der Waals surface area contributed by atoms with E-state index in [9.17, 15) is 0 Å². The van der Waals surface area contributed by atoms with Crippen molar-refractivity contribution in [3.05, 3.63) is 32.7 Å². The number of aliphatic hydroxyl groups is 1. The Labute approximate surface area is 101 Å². The average molecular weight is 323 g/mol. The van der Waals surface area contributed by atoms with Crippen LogP contribution in [0.25, 0.3) is 0 Å². The summed E-state index contributed by atoms with van der Waals surface area (Å²) in [6.07, 6.45) is 0.799. The van der Waals surface area contributed by atoms with Gasteiger partial charge in [0.05, 0.1) is 0 Å². The first-order valence-corrected chi connectivity index (χ1v) is 6.00. The molecule has 1 aromatic carbocycles. The Bertz CT molecular complexity index is 300. The fourth-order valence-electron chi connectivity index (χ4n) is 1.23. The van der Waals surface area contributed by atoms with Crippen molar-refractivity contribution in [2.24, 2.45) is 11.7 Å². The Hall–Kier alpha value is 0.1000. The molecule has 0 aliphatic carbocycles. The minimum Gasteiger partial charge on any atom is -0.396 e. The quantitative estimate of drug-likeness (QED) is 0.893. The van der Waals surface area contributed by atoms with Gasteiger partial charge >= 0.3 is 0 Å². The topological polar surface area (TPSA) is 46.2 Å². The van der Waals surface area contributed by atoms with Gasteiger partial charge in [0.15, 0.2) is 0 Å². The number of nitrogens with two attached hydrogens (primary N) is 1. The highest BCUT2D eigenvalue weighted by Gasteiger charge is 2.09. The van der Waals surface area contributed by atoms with Crippen LogP contribution in [0.3, 0.4) is 0 Å². The van der Waals surface area contributed by atoms with E-state index in [1.54, 1.807) is 0 Å². The van der Waals surface area contributed by atoms with E-state index >= 15 is 0 Å². The molecular formula is C10H13Br2NO. The van der Waals surface area contributed by atoms with E-state index in [1.165, 1.54) is 5.56 Å². The molecule has 1 atom stereocenters. The summed E-state index contributed by atoms with van der Waals surface area (Å²) in [5, 5.41) is 9.04. The van der Waals surface area contributed by atoms with Crippen LogP contribution in [0.1, 0.15) is 5.56 Å². The first-order valence-electron chi connectivity index (χ1n) is 4.42. The number of rotatable bonds is 4. The minimum absolute atomic E-state index is 0.134. The fraction of sp³-hybridized carbons (Fsp3) is 0.400. The Morgan fingerprint density at radius 1 is 1.36 bits per heavy atom. The van der Waals surface area contributed by atoms with Gasteiger partial charge in [0.2, 0.25) is 0 Å². The molecule has 0 aliphatic rings. The Morgan fingerprint density at radius 2 is 2.07 bits per heavy atom. The van der Waals surface area contributed by atoms with Gasteiger partial charge in [0.25, 0.3) is 0 Å². The highest BCUT2D eigenvalue weighted by molar-refractivity contribution is 9.11. The molecule has 0 radical (unpaired) electrons. The minimum atomic E-state index is 0.134. The van der Waals surface area contributed by atoms with Gasteiger partial charge < -0.3 is 10.8 Å². The zero-order valence-corrected chi connectivity index (χ0v) is 10.9. The normalized spacial score (nSPS) is 12.9. The van der Waals surface area contributed by atoms with Crippen molar-refractivity contribution >= 4 is 31.9 Å². The third-order valence-electron chi connectivity index (χ3n) is 2.11. The van der Waals surface area contributed by atoms with Gasteiger partial charge in [-0.2, -0.15) is 0 Å². The number of aliphatic hydroxyl groups excluding tert-OH is 1. The molecule has 0 bridgehead atoms. The number of hydrogen-bond acceptors (Lipinski definition) is 2. The van der Waals surface area contributed by atoms with Crippen LogP contribution in [0.2, 0.25) is 0 Å². The van der Waals surface area contributed by atoms with Gasteiger partial charge in [0.1, 0.15) is 0 Å². The molecule has 1 aromatic rings. The second-order valence-electron chi connectivity index (χ2n) is 3.22. The average Bonchev–Trinajstić information content (AvgIpc) is 2.19. The molecular weight excluding hydrogens is 310 g/mol. The Balaban J connectivity index is 2.79. The van der Waals surface area contributed by atoms with Crippen LogP contribution in [-0.2, 0) is 6.42 Å². The van der Waals surface area contributed by atoms with Crippen molar-refractivity contribution < 1.29 is 5.11 Å². The summed E-state index contributed by atoms with van der Waals surface area (Å²) < 4.78 is 2.11. The maximum atomic E-state index is 9.04. The molecule has 4 heteroatoms. The van der Waals surface area contributed by atoms with Gasteiger partial charge in [-0.15, -0.1) is 0 Å². The summed E-state index contributed by atoms with van der Waals surface area (Å²) in [6.45, 7) is 0.644. The number of hydrogen-bond donors (Lipinski definition) is 2. The summed E-state index contributed by atoms with van der Waals surface area (Å²) >= 11 is 6.89. The van der Waals surface area contributed by atoms with Crippen molar-refractivity contribution in [1.82, 2.24) is 0 Å². The van der Waals surface area contributed by atoms with Crippen molar-refractivity contribution in [3.63, 3.8) is 0 Å². The van der Waals surface area contributed by atoms with Gasteiger partial charge in [-0.05, 0) is 42.6 Å². The van der Waals surface area contributed by atoms with Gasteiger partial charge in [-0.3, -0.25) is 0 Å². The standard InChI is InChI=1S/C10H13Br2NO/c11-9-1-2-10(12)8(4-9)3-7(5-13)6-14/h1-2,4,7,14H,3,5-6,13H2. The fourth-order valence-corrected chi connectivity index (χ4v) is 2.05. The molecule has 0 saturated carbocycles. The lowest BCUT2D eigenvalue weighted by Crippen LogP contribution is -2.20. The molecule has 0 amide bonds. The molecule has 2 nitrogen and oxygen atoms in total. The van der Waals surface area contributed by atoms with E-state index in [-0.39, 0.29) is 12.5 Å². The Morgan fingerprint density at radius 3 is 2.64 bits per heavy atom. The Kier molecular flexibility index (Phi) is 5.09. The summed E-state index contributed by atoms with van der Waals surface area (Å²) in [6, 6.07) is 6.01. The zero-order valence-electron chi connectivity index (χ0n) is 7.71. The highest BCUT2D eigenvalue weighted by atomic mass is 79.9. The molecule has 14 heavy (non-hydrogen) atoms. The maximum absolute atomic E-state index is 9.04. The van der Waals surface area contributed by atoms with E-state index in [0.717, 1.165) is 15.4 Å². The number of benzene rings is 1. The van der Waals surface area contributed by atoms with Crippen LogP contribution in [0, 0.1) is 5.92 Å². The molecule has 0 saturated heterocycles. The lowest BCUT2D eigenvalue weighted by Gasteiger charge is -2.12. The molecule has 0 spiro atoms. The smallest absolute Gasteiger partial charge is 0.0474 e. The zero-order chi connectivity index (χ0) is 10.6. The molecule has 3 N–H and O–H groups in total. The van der Waals surface area contributed by atoms with E-state index in [0.29, 0.717) is 6.54 Å². The van der Waals surface area contributed by atoms with Crippen LogP contribution in [0.15, 0.2) is 27.1 Å². The molecule has 1 rings (SSSR count). The lowest BCUT2D eigenvalue weighted by atomic mass is 10.0. The maximum Gasteiger partial charge on any atom is 0.0474 e. The molecule has 0 aliphatic heterocycles. The van der Waals surface area contributed by atoms with Crippen LogP contribution in [-0.4, -0.2) is 18.3 Å². The largest absolute Gasteiger partial charge is 0.396 e. The van der Waals surface area contributed by atoms with Gasteiger partial charge in [-0.1, -0.05) is 31.9 Å². The molecule has 1 unspecified atom stereocenters. The van der Waals surface area contributed by atoms with Crippen LogP contribution >= 0.6 is 31.9 Å². The van der Waals surface area contributed by atoms with Crippen molar-refractivity contribution in [3.8, 4) is 0 Å². The lowest BCUT2D eigenvalue weighted by molar-refractivity contribution is 0.229. The van der Waals surface area contributed by atoms with Crippen LogP contribution in [0.4, 0.5) is 0 Å². The summed E-state index contributed by atoms with van der Waals surface area (Å²) in [5.41, 5.74) is 6.70. The summed E-state index contributed by atoms with van der Waals surface area (Å²) in [4.78, 5) is 0. The number of halogens is 2. The second-order valence-corrected chi connectivity index (χ2v) is 4.99. The summed E-state index contributed by atoms with van der Waals surface area (Å²) in [7, 11) is 0. The van der Waals surface area contributed by atoms with Crippen LogP contribution in [0.5, 0.6) is 0 Å². The van der Waals surface area contributed by atoms with E-state index in [4.69, 9.17) is 10.8 Å². The predicted molar refractivity (Wildman–Crippen MR) is 65.2 cm³/mol. The molecule has 0 heterocycles. The van der Waals surface area contributed by atoms with Gasteiger partial charge in [-0.25, -0.2) is 0 Å². The molecule has 78 valence electrons. The van der Waals surface area contributed by atoms with Crippen molar-refractivity contribution in [2.45, 2.75) is 6.42 Å². The van der Waals surface area contributed by atoms with E-state index < -0.39 is 0 Å². The highest BCUT2D eigenvalue weighted by Crippen LogP contribution is 2.23.